The zero-order chi connectivity index (χ0) is 21.3. The fraction of sp³-hybridized carbons (Fsp3) is 0.522. The van der Waals surface area contributed by atoms with Crippen molar-refractivity contribution in [3.63, 3.8) is 0 Å². The number of amides is 1. The average molecular weight is 433 g/mol. The summed E-state index contributed by atoms with van der Waals surface area (Å²) in [4.78, 5) is 18.4. The van der Waals surface area contributed by atoms with E-state index in [0.29, 0.717) is 31.5 Å². The lowest BCUT2D eigenvalue weighted by molar-refractivity contribution is -0.136. The molecule has 0 unspecified atom stereocenters. The Balaban J connectivity index is 1.81. The van der Waals surface area contributed by atoms with Crippen molar-refractivity contribution in [2.75, 3.05) is 60.7 Å². The molecule has 0 spiro atoms. The third kappa shape index (κ3) is 5.82. The van der Waals surface area contributed by atoms with E-state index in [4.69, 9.17) is 14.2 Å². The van der Waals surface area contributed by atoms with Gasteiger partial charge in [-0.25, -0.2) is 0 Å². The molecule has 0 N–H and O–H groups in total. The van der Waals surface area contributed by atoms with Crippen LogP contribution in [0.5, 0.6) is 5.75 Å². The second kappa shape index (κ2) is 11.5. The molecule has 3 rings (SSSR count). The largest absolute Gasteiger partial charge is 0.496 e. The fourth-order valence-electron chi connectivity index (χ4n) is 4.24. The minimum Gasteiger partial charge on any atom is -0.496 e. The van der Waals surface area contributed by atoms with Gasteiger partial charge in [-0.1, -0.05) is 24.3 Å². The molecular formula is C23H32N2O4S. The molecule has 1 amide bonds. The molecule has 2 aromatic rings. The first-order chi connectivity index (χ1) is 14.7. The molecule has 0 bridgehead atoms. The van der Waals surface area contributed by atoms with E-state index in [-0.39, 0.29) is 12.5 Å². The molecule has 1 saturated heterocycles. The highest BCUT2D eigenvalue weighted by molar-refractivity contribution is 7.09. The second-order valence-corrected chi connectivity index (χ2v) is 8.68. The molecular weight excluding hydrogens is 400 g/mol. The van der Waals surface area contributed by atoms with Crippen molar-refractivity contribution in [2.45, 2.75) is 12.5 Å². The number of carbonyl (C=O) groups is 1. The van der Waals surface area contributed by atoms with E-state index in [2.05, 4.69) is 34.5 Å². The summed E-state index contributed by atoms with van der Waals surface area (Å²) in [5.74, 6) is 1.52. The normalized spacial score (nSPS) is 19.2. The van der Waals surface area contributed by atoms with E-state index >= 15 is 0 Å². The summed E-state index contributed by atoms with van der Waals surface area (Å²) in [6.07, 6.45) is 0. The minimum atomic E-state index is 0.00466. The highest BCUT2D eigenvalue weighted by Crippen LogP contribution is 2.38. The van der Waals surface area contributed by atoms with E-state index in [1.54, 1.807) is 32.7 Å². The van der Waals surface area contributed by atoms with Gasteiger partial charge in [0.25, 0.3) is 0 Å². The van der Waals surface area contributed by atoms with Crippen molar-refractivity contribution < 1.29 is 19.0 Å². The summed E-state index contributed by atoms with van der Waals surface area (Å²) >= 11 is 1.79. The highest BCUT2D eigenvalue weighted by Gasteiger charge is 2.37. The first kappa shape index (κ1) is 22.7. The molecule has 1 aromatic carbocycles. The molecule has 2 heterocycles. The molecule has 30 heavy (non-hydrogen) atoms. The predicted octanol–water partition coefficient (Wildman–Crippen LogP) is 3.09. The average Bonchev–Trinajstić information content (AvgIpc) is 3.41. The smallest absolute Gasteiger partial charge is 0.248 e. The summed E-state index contributed by atoms with van der Waals surface area (Å²) < 4.78 is 16.0. The van der Waals surface area contributed by atoms with Gasteiger partial charge < -0.3 is 19.1 Å². The minimum absolute atomic E-state index is 0.00466. The van der Waals surface area contributed by atoms with Crippen LogP contribution in [0.1, 0.15) is 16.4 Å². The van der Waals surface area contributed by atoms with Crippen LogP contribution in [0.2, 0.25) is 0 Å². The Hall–Kier alpha value is -1.93. The molecule has 0 saturated carbocycles. The quantitative estimate of drug-likeness (QED) is 0.546. The number of likely N-dealkylation sites (tertiary alicyclic amines) is 1. The monoisotopic (exact) mass is 432 g/mol. The number of rotatable bonds is 11. The number of ether oxygens (including phenoxy) is 3. The zero-order valence-corrected chi connectivity index (χ0v) is 18.9. The summed E-state index contributed by atoms with van der Waals surface area (Å²) in [6.45, 7) is 4.66. The SMILES string of the molecule is COCCN(C[C@@H]1CN(Cc2cccs2)C[C@@H]1c1ccccc1OC)C(=O)COC. The predicted molar refractivity (Wildman–Crippen MR) is 119 cm³/mol. The molecule has 1 fully saturated rings. The number of nitrogens with zero attached hydrogens (tertiary/aromatic N) is 2. The van der Waals surface area contributed by atoms with Gasteiger partial charge in [0.05, 0.1) is 13.7 Å². The molecule has 1 aliphatic heterocycles. The standard InChI is InChI=1S/C23H32N2O4S/c1-27-11-10-25(23(26)17-28-2)14-18-13-24(15-19-7-6-12-30-19)16-21(18)20-8-4-5-9-22(20)29-3/h4-9,12,18,21H,10-11,13-17H2,1-3H3/t18-,21-/m0/s1. The van der Waals surface area contributed by atoms with Crippen LogP contribution >= 0.6 is 11.3 Å². The summed E-state index contributed by atoms with van der Waals surface area (Å²) in [5, 5.41) is 2.12. The number of hydrogen-bond acceptors (Lipinski definition) is 6. The molecule has 164 valence electrons. The molecule has 6 nitrogen and oxygen atoms in total. The van der Waals surface area contributed by atoms with Gasteiger partial charge in [-0.3, -0.25) is 9.69 Å². The number of thiophene rings is 1. The number of carbonyl (C=O) groups excluding carboxylic acids is 1. The van der Waals surface area contributed by atoms with Gasteiger partial charge in [0.15, 0.2) is 0 Å². The summed E-state index contributed by atoms with van der Waals surface area (Å²) in [5.41, 5.74) is 1.21. The van der Waals surface area contributed by atoms with E-state index in [1.807, 2.05) is 17.0 Å². The van der Waals surface area contributed by atoms with Crippen LogP contribution in [0.25, 0.3) is 0 Å². The van der Waals surface area contributed by atoms with Crippen LogP contribution in [0.15, 0.2) is 41.8 Å². The molecule has 1 aromatic heterocycles. The van der Waals surface area contributed by atoms with Crippen molar-refractivity contribution >= 4 is 17.2 Å². The van der Waals surface area contributed by atoms with Gasteiger partial charge in [0, 0.05) is 57.7 Å². The Morgan fingerprint density at radius 2 is 1.97 bits per heavy atom. The first-order valence-corrected chi connectivity index (χ1v) is 11.2. The van der Waals surface area contributed by atoms with Crippen LogP contribution in [0, 0.1) is 5.92 Å². The van der Waals surface area contributed by atoms with E-state index < -0.39 is 0 Å². The number of methoxy groups -OCH3 is 3. The van der Waals surface area contributed by atoms with Crippen molar-refractivity contribution in [2.24, 2.45) is 5.92 Å². The van der Waals surface area contributed by atoms with Crippen molar-refractivity contribution in [1.82, 2.24) is 9.80 Å². The lowest BCUT2D eigenvalue weighted by Crippen LogP contribution is -2.41. The Morgan fingerprint density at radius 1 is 1.13 bits per heavy atom. The van der Waals surface area contributed by atoms with Crippen LogP contribution in [0.4, 0.5) is 0 Å². The third-order valence-electron chi connectivity index (χ3n) is 5.66. The lowest BCUT2D eigenvalue weighted by atomic mass is 9.88. The van der Waals surface area contributed by atoms with Crippen LogP contribution in [-0.4, -0.2) is 76.4 Å². The van der Waals surface area contributed by atoms with Gasteiger partial charge in [0.1, 0.15) is 12.4 Å². The number of benzene rings is 1. The van der Waals surface area contributed by atoms with Crippen LogP contribution in [-0.2, 0) is 20.8 Å². The molecule has 2 atom stereocenters. The zero-order valence-electron chi connectivity index (χ0n) is 18.1. The van der Waals surface area contributed by atoms with Crippen LogP contribution in [0.3, 0.4) is 0 Å². The lowest BCUT2D eigenvalue weighted by Gasteiger charge is -2.28. The van der Waals surface area contributed by atoms with Crippen molar-refractivity contribution in [3.05, 3.63) is 52.2 Å². The van der Waals surface area contributed by atoms with Gasteiger partial charge in [-0.15, -0.1) is 11.3 Å². The highest BCUT2D eigenvalue weighted by atomic mass is 32.1. The first-order valence-electron chi connectivity index (χ1n) is 10.3. The van der Waals surface area contributed by atoms with Gasteiger partial charge >= 0.3 is 0 Å². The van der Waals surface area contributed by atoms with E-state index in [1.165, 1.54) is 10.4 Å². The fourth-order valence-corrected chi connectivity index (χ4v) is 4.99. The van der Waals surface area contributed by atoms with Gasteiger partial charge in [0.2, 0.25) is 5.91 Å². The van der Waals surface area contributed by atoms with Gasteiger partial charge in [-0.2, -0.15) is 0 Å². The third-order valence-corrected chi connectivity index (χ3v) is 6.52. The Kier molecular flexibility index (Phi) is 8.69. The Labute approximate surface area is 183 Å². The van der Waals surface area contributed by atoms with Crippen molar-refractivity contribution in [1.29, 1.82) is 0 Å². The van der Waals surface area contributed by atoms with E-state index in [0.717, 1.165) is 25.4 Å². The topological polar surface area (TPSA) is 51.2 Å². The maximum atomic E-state index is 12.6. The maximum Gasteiger partial charge on any atom is 0.248 e. The Bertz CT molecular complexity index is 783. The Morgan fingerprint density at radius 3 is 2.67 bits per heavy atom. The maximum absolute atomic E-state index is 12.6. The van der Waals surface area contributed by atoms with Gasteiger partial charge in [-0.05, 0) is 29.0 Å². The molecule has 7 heteroatoms. The number of para-hydroxylation sites is 1. The molecule has 0 aliphatic carbocycles. The number of hydrogen-bond donors (Lipinski definition) is 0. The van der Waals surface area contributed by atoms with Crippen LogP contribution < -0.4 is 4.74 Å². The molecule has 1 aliphatic rings. The second-order valence-electron chi connectivity index (χ2n) is 7.65. The van der Waals surface area contributed by atoms with E-state index in [9.17, 15) is 4.79 Å². The summed E-state index contributed by atoms with van der Waals surface area (Å²) in [6, 6.07) is 12.5. The molecule has 0 radical (unpaired) electrons. The van der Waals surface area contributed by atoms with Crippen molar-refractivity contribution in [3.8, 4) is 5.75 Å². The summed E-state index contributed by atoms with van der Waals surface area (Å²) in [7, 11) is 4.94.